The molecule has 0 bridgehead atoms. The van der Waals surface area contributed by atoms with Crippen molar-refractivity contribution >= 4 is 107 Å². The number of nitrogens with zero attached hydrogens (tertiary/aromatic N) is 2. The Labute approximate surface area is 369 Å². The summed E-state index contributed by atoms with van der Waals surface area (Å²) in [6.07, 6.45) is 0. The van der Waals surface area contributed by atoms with Crippen LogP contribution in [0, 0.1) is 21.0 Å². The lowest BCUT2D eigenvalue weighted by atomic mass is 10.1. The summed E-state index contributed by atoms with van der Waals surface area (Å²) in [5.74, 6) is -0.416. The van der Waals surface area contributed by atoms with Crippen molar-refractivity contribution in [2.75, 3.05) is 89.4 Å². The lowest BCUT2D eigenvalue weighted by Crippen LogP contribution is -2.38. The molecule has 16 heteroatoms. The molecule has 0 fully saturated rings. The van der Waals surface area contributed by atoms with Crippen LogP contribution >= 0.6 is 72.7 Å². The predicted octanol–water partition coefficient (Wildman–Crippen LogP) is 6.14. The number of nitrogens with one attached hydrogen (secondary N) is 4. The van der Waals surface area contributed by atoms with Gasteiger partial charge in [0.2, 0.25) is 0 Å². The number of hydrogen-bond donors (Lipinski definition) is 8. The van der Waals surface area contributed by atoms with Gasteiger partial charge in [-0.3, -0.25) is 19.4 Å². The Hall–Kier alpha value is -2.59. The summed E-state index contributed by atoms with van der Waals surface area (Å²) in [5, 5.41) is 49.2. The van der Waals surface area contributed by atoms with Crippen LogP contribution in [-0.2, 0) is 0 Å². The first-order chi connectivity index (χ1) is 26.9. The maximum Gasteiger partial charge on any atom is 0.253 e. The van der Waals surface area contributed by atoms with E-state index in [0.717, 1.165) is 39.8 Å². The lowest BCUT2D eigenvalue weighted by molar-refractivity contribution is 0.0936. The fourth-order valence-corrected chi connectivity index (χ4v) is 7.36. The molecule has 0 unspecified atom stereocenters. The number of hydrogen-bond acceptors (Lipinski definition) is 10. The summed E-state index contributed by atoms with van der Waals surface area (Å²) in [6.45, 7) is 7.82. The molecule has 2 amide bonds. The summed E-state index contributed by atoms with van der Waals surface area (Å²) >= 11 is 14.1. The SMILES string of the molecule is Cc1cc(I)ccc1Nc1ccc(Br)cc1C(=O)NCCN(CCO)CCO.Cc1cc(I)ccc1Nc1ccc(Cl)cc1C(=O)NCCN(CCO)CCO. The van der Waals surface area contributed by atoms with Gasteiger partial charge >= 0.3 is 0 Å². The molecule has 12 nitrogen and oxygen atoms in total. The van der Waals surface area contributed by atoms with Crippen LogP contribution in [0.4, 0.5) is 22.7 Å². The molecule has 0 radical (unpaired) electrons. The van der Waals surface area contributed by atoms with Gasteiger partial charge in [-0.2, -0.15) is 0 Å². The Bertz CT molecular complexity index is 1730. The molecular formula is C40H50BrClI2N6O6. The number of amides is 2. The molecule has 0 aliphatic carbocycles. The predicted molar refractivity (Wildman–Crippen MR) is 246 cm³/mol. The molecule has 4 aromatic rings. The molecule has 0 saturated heterocycles. The molecule has 8 N–H and O–H groups in total. The first kappa shape index (κ1) is 47.8. The fourth-order valence-electron chi connectivity index (χ4n) is 5.53. The van der Waals surface area contributed by atoms with Gasteiger partial charge < -0.3 is 41.7 Å². The van der Waals surface area contributed by atoms with E-state index in [0.29, 0.717) is 74.2 Å². The third kappa shape index (κ3) is 16.3. The van der Waals surface area contributed by atoms with E-state index in [1.54, 1.807) is 24.3 Å². The van der Waals surface area contributed by atoms with E-state index >= 15 is 0 Å². The Morgan fingerprint density at radius 3 is 1.39 bits per heavy atom. The number of aryl methyl sites for hydroxylation is 2. The number of aliphatic hydroxyl groups excluding tert-OH is 4. The number of anilines is 4. The van der Waals surface area contributed by atoms with Crippen molar-refractivity contribution in [2.45, 2.75) is 13.8 Å². The summed E-state index contributed by atoms with van der Waals surface area (Å²) < 4.78 is 3.12. The van der Waals surface area contributed by atoms with E-state index in [1.807, 2.05) is 60.0 Å². The third-order valence-electron chi connectivity index (χ3n) is 8.46. The second kappa shape index (κ2) is 25.7. The number of rotatable bonds is 20. The van der Waals surface area contributed by atoms with Gasteiger partial charge in [-0.25, -0.2) is 0 Å². The Morgan fingerprint density at radius 2 is 0.982 bits per heavy atom. The molecule has 4 aromatic carbocycles. The summed E-state index contributed by atoms with van der Waals surface area (Å²) in [5.41, 5.74) is 6.47. The highest BCUT2D eigenvalue weighted by atomic mass is 127. The summed E-state index contributed by atoms with van der Waals surface area (Å²) in [7, 11) is 0. The Kier molecular flexibility index (Phi) is 21.9. The van der Waals surface area contributed by atoms with Gasteiger partial charge in [-0.1, -0.05) is 27.5 Å². The van der Waals surface area contributed by atoms with Crippen LogP contribution in [0.5, 0.6) is 0 Å². The quantitative estimate of drug-likeness (QED) is 0.0482. The van der Waals surface area contributed by atoms with E-state index in [4.69, 9.17) is 32.0 Å². The zero-order chi connectivity index (χ0) is 41.0. The lowest BCUT2D eigenvalue weighted by Gasteiger charge is -2.20. The normalized spacial score (nSPS) is 10.9. The fraction of sp³-hybridized carbons (Fsp3) is 0.350. The van der Waals surface area contributed by atoms with Gasteiger partial charge in [-0.05, 0) is 143 Å². The minimum atomic E-state index is -0.235. The van der Waals surface area contributed by atoms with Crippen molar-refractivity contribution in [1.82, 2.24) is 20.4 Å². The second-order valence-electron chi connectivity index (χ2n) is 12.6. The molecule has 0 aliphatic rings. The number of aliphatic hydroxyl groups is 4. The van der Waals surface area contributed by atoms with Crippen LogP contribution < -0.4 is 21.3 Å². The van der Waals surface area contributed by atoms with Crippen molar-refractivity contribution in [1.29, 1.82) is 0 Å². The molecule has 0 saturated carbocycles. The monoisotopic (exact) mass is 1080 g/mol. The summed E-state index contributed by atoms with van der Waals surface area (Å²) in [4.78, 5) is 29.2. The zero-order valence-corrected chi connectivity index (χ0v) is 38.1. The van der Waals surface area contributed by atoms with Crippen LogP contribution in [0.1, 0.15) is 31.8 Å². The Morgan fingerprint density at radius 1 is 0.589 bits per heavy atom. The highest BCUT2D eigenvalue weighted by molar-refractivity contribution is 14.1. The second-order valence-corrected chi connectivity index (χ2v) is 16.5. The van der Waals surface area contributed by atoms with E-state index < -0.39 is 0 Å². The van der Waals surface area contributed by atoms with Crippen LogP contribution in [0.3, 0.4) is 0 Å². The van der Waals surface area contributed by atoms with E-state index in [1.165, 1.54) is 0 Å². The number of halogens is 4. The van der Waals surface area contributed by atoms with Crippen molar-refractivity contribution in [3.8, 4) is 0 Å². The van der Waals surface area contributed by atoms with Crippen molar-refractivity contribution < 1.29 is 30.0 Å². The number of carbonyl (C=O) groups excluding carboxylic acids is 2. The van der Waals surface area contributed by atoms with Gasteiger partial charge in [0.15, 0.2) is 0 Å². The van der Waals surface area contributed by atoms with Crippen LogP contribution in [-0.4, -0.2) is 121 Å². The van der Waals surface area contributed by atoms with E-state index in [-0.39, 0.29) is 38.2 Å². The van der Waals surface area contributed by atoms with Gasteiger partial charge in [-0.15, -0.1) is 0 Å². The maximum absolute atomic E-state index is 12.8. The summed E-state index contributed by atoms with van der Waals surface area (Å²) in [6, 6.07) is 22.9. The standard InChI is InChI=1S/C20H25BrIN3O3.C20H25ClIN3O3/c2*1-14-12-16(22)3-5-18(14)24-19-4-2-15(21)13-17(19)20(28)23-6-7-25(8-10-26)9-11-27/h2*2-5,12-13,24,26-27H,6-11H2,1H3,(H,23,28). The molecular weight excluding hydrogens is 1030 g/mol. The number of benzene rings is 4. The van der Waals surface area contributed by atoms with Crippen molar-refractivity contribution in [3.05, 3.63) is 112 Å². The Balaban J connectivity index is 0.000000300. The first-order valence-electron chi connectivity index (χ1n) is 18.0. The average molecular weight is 1080 g/mol. The molecule has 0 atom stereocenters. The molecule has 56 heavy (non-hydrogen) atoms. The van der Waals surface area contributed by atoms with Gasteiger partial charge in [0.1, 0.15) is 0 Å². The molecule has 4 rings (SSSR count). The van der Waals surface area contributed by atoms with E-state index in [9.17, 15) is 9.59 Å². The minimum absolute atomic E-state index is 0.00563. The maximum atomic E-state index is 12.8. The van der Waals surface area contributed by atoms with Crippen LogP contribution in [0.15, 0.2) is 77.3 Å². The largest absolute Gasteiger partial charge is 0.395 e. The topological polar surface area (TPSA) is 170 Å². The van der Waals surface area contributed by atoms with Gasteiger partial charge in [0.25, 0.3) is 11.8 Å². The third-order valence-corrected chi connectivity index (χ3v) is 10.5. The minimum Gasteiger partial charge on any atom is -0.395 e. The van der Waals surface area contributed by atoms with Gasteiger partial charge in [0, 0.05) is 80.4 Å². The number of carbonyl (C=O) groups is 2. The molecule has 0 spiro atoms. The van der Waals surface area contributed by atoms with Crippen molar-refractivity contribution in [2.24, 2.45) is 0 Å². The molecule has 0 aliphatic heterocycles. The van der Waals surface area contributed by atoms with Gasteiger partial charge in [0.05, 0.1) is 48.9 Å². The molecule has 304 valence electrons. The smallest absolute Gasteiger partial charge is 0.253 e. The van der Waals surface area contributed by atoms with Crippen LogP contribution in [0.2, 0.25) is 5.02 Å². The zero-order valence-electron chi connectivity index (χ0n) is 31.4. The highest BCUT2D eigenvalue weighted by Crippen LogP contribution is 2.29. The van der Waals surface area contributed by atoms with Crippen LogP contribution in [0.25, 0.3) is 0 Å². The average Bonchev–Trinajstić information content (AvgIpc) is 3.15. The molecule has 0 aromatic heterocycles. The molecule has 0 heterocycles. The first-order valence-corrected chi connectivity index (χ1v) is 21.3. The van der Waals surface area contributed by atoms with Crippen molar-refractivity contribution in [3.63, 3.8) is 0 Å². The van der Waals surface area contributed by atoms with E-state index in [2.05, 4.69) is 94.5 Å². The highest BCUT2D eigenvalue weighted by Gasteiger charge is 2.16.